The lowest BCUT2D eigenvalue weighted by Gasteiger charge is -2.17. The predicted molar refractivity (Wildman–Crippen MR) is 69.7 cm³/mol. The standard InChI is InChI=1S/C13H18BrNO/c1-8-5-13(16-2)10(7-11(8)14)12(15)6-9-3-4-9/h5,7,9,12H,3-4,6,15H2,1-2H3. The predicted octanol–water partition coefficient (Wildman–Crippen LogP) is 3.57. The van der Waals surface area contributed by atoms with Crippen LogP contribution in [0.4, 0.5) is 0 Å². The van der Waals surface area contributed by atoms with E-state index in [2.05, 4.69) is 28.9 Å². The van der Waals surface area contributed by atoms with E-state index >= 15 is 0 Å². The van der Waals surface area contributed by atoms with Gasteiger partial charge in [0.1, 0.15) is 5.75 Å². The first-order valence-electron chi connectivity index (χ1n) is 5.71. The summed E-state index contributed by atoms with van der Waals surface area (Å²) >= 11 is 3.55. The van der Waals surface area contributed by atoms with Gasteiger partial charge in [-0.1, -0.05) is 28.8 Å². The molecule has 0 spiro atoms. The van der Waals surface area contributed by atoms with Crippen molar-refractivity contribution in [1.82, 2.24) is 0 Å². The molecule has 2 rings (SSSR count). The lowest BCUT2D eigenvalue weighted by Crippen LogP contribution is -2.12. The van der Waals surface area contributed by atoms with E-state index in [1.807, 2.05) is 6.07 Å². The fourth-order valence-corrected chi connectivity index (χ4v) is 2.34. The van der Waals surface area contributed by atoms with Crippen molar-refractivity contribution in [2.45, 2.75) is 32.2 Å². The van der Waals surface area contributed by atoms with E-state index in [9.17, 15) is 0 Å². The fourth-order valence-electron chi connectivity index (χ4n) is 1.98. The molecule has 0 saturated heterocycles. The molecule has 2 nitrogen and oxygen atoms in total. The van der Waals surface area contributed by atoms with Gasteiger partial charge in [-0.3, -0.25) is 0 Å². The number of nitrogens with two attached hydrogens (primary N) is 1. The van der Waals surface area contributed by atoms with Crippen LogP contribution in [0.25, 0.3) is 0 Å². The minimum atomic E-state index is 0.0966. The second-order valence-corrected chi connectivity index (χ2v) is 5.48. The Hall–Kier alpha value is -0.540. The Morgan fingerprint density at radius 3 is 2.75 bits per heavy atom. The normalized spacial score (nSPS) is 17.2. The first-order chi connectivity index (χ1) is 7.61. The molecular weight excluding hydrogens is 266 g/mol. The Balaban J connectivity index is 2.25. The molecular formula is C13H18BrNO. The Kier molecular flexibility index (Phi) is 3.55. The summed E-state index contributed by atoms with van der Waals surface area (Å²) in [6.45, 7) is 2.06. The topological polar surface area (TPSA) is 35.2 Å². The fraction of sp³-hybridized carbons (Fsp3) is 0.538. The number of ether oxygens (including phenoxy) is 1. The van der Waals surface area contributed by atoms with Gasteiger partial charge in [0.2, 0.25) is 0 Å². The molecule has 1 aromatic rings. The molecule has 1 atom stereocenters. The van der Waals surface area contributed by atoms with Crippen LogP contribution < -0.4 is 10.5 Å². The van der Waals surface area contributed by atoms with Crippen LogP contribution in [0.15, 0.2) is 16.6 Å². The van der Waals surface area contributed by atoms with Gasteiger partial charge in [-0.15, -0.1) is 0 Å². The van der Waals surface area contributed by atoms with E-state index in [-0.39, 0.29) is 6.04 Å². The molecule has 1 saturated carbocycles. The zero-order valence-electron chi connectivity index (χ0n) is 9.79. The number of hydrogen-bond acceptors (Lipinski definition) is 2. The van der Waals surface area contributed by atoms with Crippen LogP contribution in [0.1, 0.15) is 36.4 Å². The number of rotatable bonds is 4. The monoisotopic (exact) mass is 283 g/mol. The van der Waals surface area contributed by atoms with Gasteiger partial charge in [-0.2, -0.15) is 0 Å². The molecule has 1 aromatic carbocycles. The van der Waals surface area contributed by atoms with Gasteiger partial charge in [-0.25, -0.2) is 0 Å². The van der Waals surface area contributed by atoms with Crippen molar-refractivity contribution in [2.75, 3.05) is 7.11 Å². The maximum absolute atomic E-state index is 6.23. The third kappa shape index (κ3) is 2.58. The molecule has 0 heterocycles. The van der Waals surface area contributed by atoms with Crippen LogP contribution in [0.5, 0.6) is 5.75 Å². The summed E-state index contributed by atoms with van der Waals surface area (Å²) in [6, 6.07) is 4.24. The van der Waals surface area contributed by atoms with Crippen molar-refractivity contribution in [1.29, 1.82) is 0 Å². The summed E-state index contributed by atoms with van der Waals surface area (Å²) in [5.41, 5.74) is 8.53. The molecule has 1 fully saturated rings. The third-order valence-electron chi connectivity index (χ3n) is 3.19. The van der Waals surface area contributed by atoms with Gasteiger partial charge in [0, 0.05) is 16.1 Å². The van der Waals surface area contributed by atoms with Crippen molar-refractivity contribution in [3.8, 4) is 5.75 Å². The zero-order chi connectivity index (χ0) is 11.7. The number of halogens is 1. The van der Waals surface area contributed by atoms with E-state index in [0.717, 1.165) is 28.1 Å². The molecule has 0 radical (unpaired) electrons. The lowest BCUT2D eigenvalue weighted by molar-refractivity contribution is 0.402. The summed E-state index contributed by atoms with van der Waals surface area (Å²) in [5, 5.41) is 0. The van der Waals surface area contributed by atoms with E-state index < -0.39 is 0 Å². The molecule has 88 valence electrons. The van der Waals surface area contributed by atoms with E-state index in [1.165, 1.54) is 18.4 Å². The molecule has 0 bridgehead atoms. The number of benzene rings is 1. The largest absolute Gasteiger partial charge is 0.496 e. The summed E-state index contributed by atoms with van der Waals surface area (Å²) < 4.78 is 6.51. The van der Waals surface area contributed by atoms with Crippen LogP contribution in [-0.2, 0) is 0 Å². The Morgan fingerprint density at radius 2 is 2.19 bits per heavy atom. The maximum atomic E-state index is 6.23. The summed E-state index contributed by atoms with van der Waals surface area (Å²) in [5.74, 6) is 1.74. The maximum Gasteiger partial charge on any atom is 0.123 e. The summed E-state index contributed by atoms with van der Waals surface area (Å²) in [4.78, 5) is 0. The van der Waals surface area contributed by atoms with Crippen LogP contribution in [0.3, 0.4) is 0 Å². The molecule has 3 heteroatoms. The Morgan fingerprint density at radius 1 is 1.50 bits per heavy atom. The van der Waals surface area contributed by atoms with Crippen molar-refractivity contribution >= 4 is 15.9 Å². The lowest BCUT2D eigenvalue weighted by atomic mass is 10.00. The van der Waals surface area contributed by atoms with Crippen LogP contribution in [0.2, 0.25) is 0 Å². The second-order valence-electron chi connectivity index (χ2n) is 4.63. The minimum Gasteiger partial charge on any atom is -0.496 e. The molecule has 0 aliphatic heterocycles. The number of aryl methyl sites for hydroxylation is 1. The van der Waals surface area contributed by atoms with E-state index in [0.29, 0.717) is 0 Å². The molecule has 1 aliphatic rings. The summed E-state index contributed by atoms with van der Waals surface area (Å²) in [7, 11) is 1.70. The van der Waals surface area contributed by atoms with E-state index in [1.54, 1.807) is 7.11 Å². The van der Waals surface area contributed by atoms with Crippen molar-refractivity contribution < 1.29 is 4.74 Å². The van der Waals surface area contributed by atoms with Crippen LogP contribution in [0, 0.1) is 12.8 Å². The number of hydrogen-bond donors (Lipinski definition) is 1. The highest BCUT2D eigenvalue weighted by Crippen LogP contribution is 2.39. The highest BCUT2D eigenvalue weighted by atomic mass is 79.9. The minimum absolute atomic E-state index is 0.0966. The Labute approximate surface area is 105 Å². The quantitative estimate of drug-likeness (QED) is 0.917. The van der Waals surface area contributed by atoms with Crippen molar-refractivity contribution in [3.05, 3.63) is 27.7 Å². The third-order valence-corrected chi connectivity index (χ3v) is 4.05. The molecule has 1 unspecified atom stereocenters. The van der Waals surface area contributed by atoms with Crippen LogP contribution in [-0.4, -0.2) is 7.11 Å². The highest BCUT2D eigenvalue weighted by molar-refractivity contribution is 9.10. The first-order valence-corrected chi connectivity index (χ1v) is 6.50. The highest BCUT2D eigenvalue weighted by Gasteiger charge is 2.26. The van der Waals surface area contributed by atoms with Gasteiger partial charge in [-0.05, 0) is 37.0 Å². The van der Waals surface area contributed by atoms with Crippen LogP contribution >= 0.6 is 15.9 Å². The summed E-state index contributed by atoms with van der Waals surface area (Å²) in [6.07, 6.45) is 3.75. The van der Waals surface area contributed by atoms with Gasteiger partial charge >= 0.3 is 0 Å². The van der Waals surface area contributed by atoms with Crippen molar-refractivity contribution in [2.24, 2.45) is 11.7 Å². The molecule has 16 heavy (non-hydrogen) atoms. The average molecular weight is 284 g/mol. The average Bonchev–Trinajstić information content (AvgIpc) is 3.05. The molecule has 0 aromatic heterocycles. The van der Waals surface area contributed by atoms with Gasteiger partial charge < -0.3 is 10.5 Å². The molecule has 0 amide bonds. The van der Waals surface area contributed by atoms with E-state index in [4.69, 9.17) is 10.5 Å². The smallest absolute Gasteiger partial charge is 0.123 e. The van der Waals surface area contributed by atoms with Gasteiger partial charge in [0.05, 0.1) is 7.11 Å². The zero-order valence-corrected chi connectivity index (χ0v) is 11.4. The van der Waals surface area contributed by atoms with Gasteiger partial charge in [0.15, 0.2) is 0 Å². The molecule has 1 aliphatic carbocycles. The Bertz CT molecular complexity index is 388. The molecule has 2 N–H and O–H groups in total. The second kappa shape index (κ2) is 4.76. The number of methoxy groups -OCH3 is 1. The van der Waals surface area contributed by atoms with Gasteiger partial charge in [0.25, 0.3) is 0 Å². The SMILES string of the molecule is COc1cc(C)c(Br)cc1C(N)CC1CC1. The van der Waals surface area contributed by atoms with Crippen molar-refractivity contribution in [3.63, 3.8) is 0 Å². The first kappa shape index (κ1) is 11.9.